The fourth-order valence-corrected chi connectivity index (χ4v) is 5.55. The van der Waals surface area contributed by atoms with E-state index in [4.69, 9.17) is 28.4 Å². The Morgan fingerprint density at radius 3 is 1.67 bits per heavy atom. The van der Waals surface area contributed by atoms with Crippen molar-refractivity contribution < 1.29 is 73.8 Å². The minimum atomic E-state index is -1.75. The van der Waals surface area contributed by atoms with Gasteiger partial charge in [-0.2, -0.15) is 0 Å². The first-order chi connectivity index (χ1) is 23.0. The minimum Gasteiger partial charge on any atom is -0.462 e. The zero-order chi connectivity index (χ0) is 35.5. The average Bonchev–Trinajstić information content (AvgIpc) is 3.07. The predicted molar refractivity (Wildman–Crippen MR) is 169 cm³/mol. The first-order valence-corrected chi connectivity index (χ1v) is 17.6. The molecule has 0 aromatic heterocycles. The van der Waals surface area contributed by atoms with Crippen molar-refractivity contribution >= 4 is 11.9 Å². The number of hydrogen-bond acceptors (Lipinski definition) is 15. The quantitative estimate of drug-likeness (QED) is 0.0541. The van der Waals surface area contributed by atoms with Crippen molar-refractivity contribution in [3.8, 4) is 0 Å². The average molecular weight is 697 g/mol. The number of ether oxygens (including phenoxy) is 6. The molecule has 0 aromatic carbocycles. The van der Waals surface area contributed by atoms with Gasteiger partial charge < -0.3 is 64.2 Å². The molecule has 0 saturated carbocycles. The molecule has 2 aliphatic heterocycles. The van der Waals surface area contributed by atoms with Crippen molar-refractivity contribution in [2.45, 2.75) is 171 Å². The minimum absolute atomic E-state index is 0.168. The predicted octanol–water partition coefficient (Wildman–Crippen LogP) is 0.583. The summed E-state index contributed by atoms with van der Waals surface area (Å²) < 4.78 is 32.7. The Morgan fingerprint density at radius 2 is 1.10 bits per heavy atom. The Bertz CT molecular complexity index is 876. The van der Waals surface area contributed by atoms with Crippen molar-refractivity contribution in [2.24, 2.45) is 0 Å². The zero-order valence-electron chi connectivity index (χ0n) is 28.5. The lowest BCUT2D eigenvalue weighted by molar-refractivity contribution is -0.332. The van der Waals surface area contributed by atoms with Gasteiger partial charge in [0.15, 0.2) is 18.7 Å². The van der Waals surface area contributed by atoms with E-state index in [0.717, 1.165) is 19.3 Å². The normalized spacial score (nSPS) is 31.4. The third kappa shape index (κ3) is 14.8. The first-order valence-electron chi connectivity index (χ1n) is 17.6. The number of carbonyl (C=O) groups excluding carboxylic acids is 2. The Kier molecular flexibility index (Phi) is 21.2. The Hall–Kier alpha value is -1.50. The van der Waals surface area contributed by atoms with Gasteiger partial charge in [0.05, 0.1) is 19.8 Å². The molecule has 0 radical (unpaired) electrons. The SMILES string of the molecule is CCCCCCCCCCCCCC(=O)OC(COC(=O)CCC)COC1OC(COC2OC(CO)C(O)C(O)C2O)C(O)C(O)C1O. The second kappa shape index (κ2) is 23.8. The molecular formula is C33H60O15. The molecule has 282 valence electrons. The van der Waals surface area contributed by atoms with Gasteiger partial charge in [-0.1, -0.05) is 78.1 Å². The van der Waals surface area contributed by atoms with Crippen molar-refractivity contribution in [3.63, 3.8) is 0 Å². The third-order valence-electron chi connectivity index (χ3n) is 8.56. The van der Waals surface area contributed by atoms with Crippen LogP contribution in [0, 0.1) is 0 Å². The number of aliphatic hydroxyl groups is 7. The highest BCUT2D eigenvalue weighted by Crippen LogP contribution is 2.26. The summed E-state index contributed by atoms with van der Waals surface area (Å²) in [6.07, 6.45) is -3.45. The summed E-state index contributed by atoms with van der Waals surface area (Å²) in [5, 5.41) is 71.0. The van der Waals surface area contributed by atoms with Crippen LogP contribution in [0.4, 0.5) is 0 Å². The molecular weight excluding hydrogens is 636 g/mol. The van der Waals surface area contributed by atoms with Crippen LogP contribution in [0.5, 0.6) is 0 Å². The van der Waals surface area contributed by atoms with E-state index in [1.807, 2.05) is 6.92 Å². The van der Waals surface area contributed by atoms with Gasteiger partial charge in [0.1, 0.15) is 55.4 Å². The maximum absolute atomic E-state index is 12.6. The van der Waals surface area contributed by atoms with Gasteiger partial charge in [-0.05, 0) is 12.8 Å². The maximum atomic E-state index is 12.6. The molecule has 48 heavy (non-hydrogen) atoms. The van der Waals surface area contributed by atoms with Crippen molar-refractivity contribution in [1.29, 1.82) is 0 Å². The van der Waals surface area contributed by atoms with Crippen molar-refractivity contribution in [3.05, 3.63) is 0 Å². The van der Waals surface area contributed by atoms with Gasteiger partial charge in [-0.15, -0.1) is 0 Å². The standard InChI is InChI=1S/C33H60O15/c1-3-5-6-7-8-9-10-11-12-13-14-16-25(36)46-21(18-43-24(35)15-4-2)19-44-32-31(42)29(40)27(38)23(48-32)20-45-33-30(41)28(39)26(37)22(17-34)47-33/h21-23,26-34,37-42H,3-20H2,1-2H3. The van der Waals surface area contributed by atoms with Crippen LogP contribution in [0.1, 0.15) is 104 Å². The van der Waals surface area contributed by atoms with Crippen LogP contribution in [0.15, 0.2) is 0 Å². The molecule has 2 aliphatic rings. The molecule has 2 rings (SSSR count). The van der Waals surface area contributed by atoms with Gasteiger partial charge in [-0.3, -0.25) is 9.59 Å². The lowest BCUT2D eigenvalue weighted by Gasteiger charge is -2.42. The van der Waals surface area contributed by atoms with Gasteiger partial charge in [0, 0.05) is 12.8 Å². The summed E-state index contributed by atoms with van der Waals surface area (Å²) in [5.74, 6) is -0.987. The second-order valence-electron chi connectivity index (χ2n) is 12.7. The van der Waals surface area contributed by atoms with E-state index in [9.17, 15) is 45.3 Å². The maximum Gasteiger partial charge on any atom is 0.306 e. The summed E-state index contributed by atoms with van der Waals surface area (Å²) in [6.45, 7) is 2.13. The Morgan fingerprint density at radius 1 is 0.583 bits per heavy atom. The van der Waals surface area contributed by atoms with Gasteiger partial charge in [0.2, 0.25) is 0 Å². The van der Waals surface area contributed by atoms with Crippen LogP contribution < -0.4 is 0 Å². The molecule has 0 bridgehead atoms. The fraction of sp³-hybridized carbons (Fsp3) is 0.939. The van der Waals surface area contributed by atoms with E-state index in [1.165, 1.54) is 44.9 Å². The smallest absolute Gasteiger partial charge is 0.306 e. The molecule has 15 heteroatoms. The zero-order valence-corrected chi connectivity index (χ0v) is 28.5. The highest BCUT2D eigenvalue weighted by molar-refractivity contribution is 5.70. The first kappa shape index (κ1) is 42.7. The lowest BCUT2D eigenvalue weighted by atomic mass is 9.98. The highest BCUT2D eigenvalue weighted by atomic mass is 16.7. The topological polar surface area (TPSA) is 231 Å². The van der Waals surface area contributed by atoms with E-state index < -0.39 is 92.7 Å². The molecule has 15 nitrogen and oxygen atoms in total. The largest absolute Gasteiger partial charge is 0.462 e. The molecule has 11 unspecified atom stereocenters. The van der Waals surface area contributed by atoms with Gasteiger partial charge in [-0.25, -0.2) is 0 Å². The second-order valence-corrected chi connectivity index (χ2v) is 12.7. The van der Waals surface area contributed by atoms with E-state index in [0.29, 0.717) is 12.8 Å². The van der Waals surface area contributed by atoms with Crippen molar-refractivity contribution in [2.75, 3.05) is 26.4 Å². The number of esters is 2. The molecule has 2 saturated heterocycles. The van der Waals surface area contributed by atoms with E-state index in [-0.39, 0.29) is 26.1 Å². The summed E-state index contributed by atoms with van der Waals surface area (Å²) in [5.41, 5.74) is 0. The monoisotopic (exact) mass is 696 g/mol. The van der Waals surface area contributed by atoms with Gasteiger partial charge >= 0.3 is 11.9 Å². The van der Waals surface area contributed by atoms with Crippen LogP contribution in [-0.4, -0.2) is 142 Å². The number of aliphatic hydroxyl groups excluding tert-OH is 7. The van der Waals surface area contributed by atoms with E-state index in [2.05, 4.69) is 6.92 Å². The molecule has 2 heterocycles. The summed E-state index contributed by atoms with van der Waals surface area (Å²) >= 11 is 0. The molecule has 7 N–H and O–H groups in total. The fourth-order valence-electron chi connectivity index (χ4n) is 5.55. The van der Waals surface area contributed by atoms with Gasteiger partial charge in [0.25, 0.3) is 0 Å². The summed E-state index contributed by atoms with van der Waals surface area (Å²) in [7, 11) is 0. The molecule has 0 amide bonds. The number of carbonyl (C=O) groups is 2. The highest BCUT2D eigenvalue weighted by Gasteiger charge is 2.47. The number of unbranched alkanes of at least 4 members (excludes halogenated alkanes) is 10. The van der Waals surface area contributed by atoms with E-state index >= 15 is 0 Å². The Labute approximate surface area is 283 Å². The Balaban J connectivity index is 1.86. The number of rotatable bonds is 24. The molecule has 0 aliphatic carbocycles. The molecule has 11 atom stereocenters. The van der Waals surface area contributed by atoms with Crippen molar-refractivity contribution in [1.82, 2.24) is 0 Å². The molecule has 0 spiro atoms. The van der Waals surface area contributed by atoms with Crippen LogP contribution >= 0.6 is 0 Å². The molecule has 2 fully saturated rings. The van der Waals surface area contributed by atoms with Crippen LogP contribution in [0.3, 0.4) is 0 Å². The summed E-state index contributed by atoms with van der Waals surface area (Å²) in [6, 6.07) is 0. The lowest BCUT2D eigenvalue weighted by Crippen LogP contribution is -2.61. The van der Waals surface area contributed by atoms with Crippen LogP contribution in [0.25, 0.3) is 0 Å². The van der Waals surface area contributed by atoms with Crippen LogP contribution in [-0.2, 0) is 38.0 Å². The number of hydrogen-bond donors (Lipinski definition) is 7. The molecule has 0 aromatic rings. The van der Waals surface area contributed by atoms with E-state index in [1.54, 1.807) is 0 Å². The van der Waals surface area contributed by atoms with Crippen LogP contribution in [0.2, 0.25) is 0 Å². The summed E-state index contributed by atoms with van der Waals surface area (Å²) in [4.78, 5) is 24.6. The third-order valence-corrected chi connectivity index (χ3v) is 8.56.